The summed E-state index contributed by atoms with van der Waals surface area (Å²) >= 11 is 0. The molecule has 1 aliphatic heterocycles. The van der Waals surface area contributed by atoms with Crippen molar-refractivity contribution in [2.75, 3.05) is 20.3 Å². The summed E-state index contributed by atoms with van der Waals surface area (Å²) in [6.45, 7) is 4.25. The fourth-order valence-electron chi connectivity index (χ4n) is 2.94. The zero-order valence-corrected chi connectivity index (χ0v) is 18.4. The van der Waals surface area contributed by atoms with Crippen molar-refractivity contribution < 1.29 is 27.9 Å². The van der Waals surface area contributed by atoms with E-state index in [1.54, 1.807) is 6.92 Å². The van der Waals surface area contributed by atoms with Gasteiger partial charge in [-0.2, -0.15) is 0 Å². The van der Waals surface area contributed by atoms with Gasteiger partial charge in [0.25, 0.3) is 5.56 Å². The van der Waals surface area contributed by atoms with Crippen LogP contribution >= 0.6 is 7.75 Å². The molecule has 15 heteroatoms. The molecule has 31 heavy (non-hydrogen) atoms. The molecule has 1 aromatic heterocycles. The van der Waals surface area contributed by atoms with E-state index in [0.29, 0.717) is 5.56 Å². The third-order valence-corrected chi connectivity index (χ3v) is 6.27. The van der Waals surface area contributed by atoms with Crippen molar-refractivity contribution in [3.8, 4) is 0 Å². The van der Waals surface area contributed by atoms with Crippen LogP contribution in [0.3, 0.4) is 0 Å². The Labute approximate surface area is 177 Å². The van der Waals surface area contributed by atoms with Crippen molar-refractivity contribution in [3.63, 3.8) is 0 Å². The van der Waals surface area contributed by atoms with Crippen molar-refractivity contribution in [2.45, 2.75) is 51.6 Å². The lowest BCUT2D eigenvalue weighted by Gasteiger charge is -2.24. The van der Waals surface area contributed by atoms with Crippen LogP contribution in [0.2, 0.25) is 0 Å². The molecule has 14 nitrogen and oxygen atoms in total. The number of nitrogens with zero attached hydrogens (tertiary/aromatic N) is 4. The highest BCUT2D eigenvalue weighted by Crippen LogP contribution is 2.45. The number of hydrogen-bond donors (Lipinski definition) is 2. The number of methoxy groups -OCH3 is 1. The summed E-state index contributed by atoms with van der Waals surface area (Å²) in [7, 11) is -2.75. The largest absolute Gasteiger partial charge is 0.468 e. The van der Waals surface area contributed by atoms with Crippen LogP contribution in [0, 0.1) is 6.92 Å². The Morgan fingerprint density at radius 3 is 2.84 bits per heavy atom. The maximum atomic E-state index is 12.9. The summed E-state index contributed by atoms with van der Waals surface area (Å²) in [4.78, 5) is 40.3. The number of ether oxygens (including phenoxy) is 2. The number of H-pyrrole nitrogens is 1. The summed E-state index contributed by atoms with van der Waals surface area (Å²) in [6, 6.07) is -1.72. The average molecular weight is 460 g/mol. The minimum atomic E-state index is -3.94. The van der Waals surface area contributed by atoms with E-state index in [0.717, 1.165) is 0 Å². The first-order valence-electron chi connectivity index (χ1n) is 9.40. The standard InChI is InChI=1S/C16H25N6O8P/c1-5-28-31(26,20-10(3)15(24)27-4)29-8-12-11(19-21-17)6-13(30-12)22-7-9(2)14(23)18-16(22)25/h7,10-13H,5-6,8H2,1-4H3,(H,20,26)(H,18,23,25)/t10?,11-,12+,13+,31?/m0/s1. The molecule has 0 saturated carbocycles. The van der Waals surface area contributed by atoms with Gasteiger partial charge >= 0.3 is 19.4 Å². The number of esters is 1. The minimum Gasteiger partial charge on any atom is -0.468 e. The highest BCUT2D eigenvalue weighted by atomic mass is 31.2. The molecular weight excluding hydrogens is 435 g/mol. The molecule has 1 aromatic rings. The predicted octanol–water partition coefficient (Wildman–Crippen LogP) is 1.12. The van der Waals surface area contributed by atoms with Crippen LogP contribution in [0.15, 0.2) is 20.9 Å². The number of carbonyl (C=O) groups is 1. The van der Waals surface area contributed by atoms with Crippen LogP contribution in [0.25, 0.3) is 10.4 Å². The molecule has 0 aliphatic carbocycles. The van der Waals surface area contributed by atoms with E-state index >= 15 is 0 Å². The number of carbonyl (C=O) groups excluding carboxylic acids is 1. The van der Waals surface area contributed by atoms with Gasteiger partial charge in [0.15, 0.2) is 0 Å². The molecule has 1 aliphatic rings. The van der Waals surface area contributed by atoms with Gasteiger partial charge in [-0.3, -0.25) is 28.2 Å². The smallest absolute Gasteiger partial charge is 0.406 e. The molecule has 0 amide bonds. The number of hydrogen-bond acceptors (Lipinski definition) is 9. The van der Waals surface area contributed by atoms with Gasteiger partial charge in [-0.15, -0.1) is 0 Å². The molecule has 172 valence electrons. The zero-order chi connectivity index (χ0) is 23.2. The van der Waals surface area contributed by atoms with Gasteiger partial charge in [0.1, 0.15) is 12.3 Å². The average Bonchev–Trinajstić information content (AvgIpc) is 3.11. The normalized spacial score (nSPS) is 23.5. The summed E-state index contributed by atoms with van der Waals surface area (Å²) in [6.07, 6.45) is -0.258. The minimum absolute atomic E-state index is 0.0259. The Kier molecular flexibility index (Phi) is 8.57. The second-order valence-corrected chi connectivity index (χ2v) is 8.47. The third kappa shape index (κ3) is 6.26. The molecule has 1 saturated heterocycles. The van der Waals surface area contributed by atoms with Crippen LogP contribution in [0.5, 0.6) is 0 Å². The van der Waals surface area contributed by atoms with E-state index in [2.05, 4.69) is 24.8 Å². The van der Waals surface area contributed by atoms with Gasteiger partial charge in [-0.25, -0.2) is 14.4 Å². The van der Waals surface area contributed by atoms with Crippen molar-refractivity contribution in [1.82, 2.24) is 14.6 Å². The van der Waals surface area contributed by atoms with Gasteiger partial charge in [0, 0.05) is 23.1 Å². The molecule has 2 heterocycles. The van der Waals surface area contributed by atoms with Crippen molar-refractivity contribution >= 4 is 13.7 Å². The van der Waals surface area contributed by atoms with Crippen molar-refractivity contribution in [2.24, 2.45) is 5.11 Å². The van der Waals surface area contributed by atoms with Gasteiger partial charge in [0.2, 0.25) is 0 Å². The van der Waals surface area contributed by atoms with Gasteiger partial charge in [0.05, 0.1) is 32.5 Å². The highest BCUT2D eigenvalue weighted by molar-refractivity contribution is 7.51. The predicted molar refractivity (Wildman–Crippen MR) is 107 cm³/mol. The molecule has 0 radical (unpaired) electrons. The Bertz CT molecular complexity index is 1000. The number of azide groups is 1. The Morgan fingerprint density at radius 2 is 2.23 bits per heavy atom. The molecule has 1 fully saturated rings. The van der Waals surface area contributed by atoms with Crippen molar-refractivity contribution in [3.05, 3.63) is 43.0 Å². The van der Waals surface area contributed by atoms with Crippen LogP contribution in [-0.2, 0) is 27.9 Å². The Balaban J connectivity index is 2.18. The molecule has 0 bridgehead atoms. The van der Waals surface area contributed by atoms with Crippen LogP contribution in [0.4, 0.5) is 0 Å². The second kappa shape index (κ2) is 10.7. The maximum Gasteiger partial charge on any atom is 0.406 e. The van der Waals surface area contributed by atoms with E-state index in [9.17, 15) is 18.9 Å². The monoisotopic (exact) mass is 460 g/mol. The molecule has 5 atom stereocenters. The van der Waals surface area contributed by atoms with E-state index < -0.39 is 49.4 Å². The fraction of sp³-hybridized carbons (Fsp3) is 0.688. The Morgan fingerprint density at radius 1 is 1.52 bits per heavy atom. The highest BCUT2D eigenvalue weighted by Gasteiger charge is 2.39. The molecular formula is C16H25N6O8P. The van der Waals surface area contributed by atoms with E-state index in [-0.39, 0.29) is 19.6 Å². The number of aromatic amines is 1. The lowest BCUT2D eigenvalue weighted by Crippen LogP contribution is -2.35. The van der Waals surface area contributed by atoms with Crippen molar-refractivity contribution in [1.29, 1.82) is 0 Å². The molecule has 0 aromatic carbocycles. The van der Waals surface area contributed by atoms with E-state index in [1.165, 1.54) is 31.7 Å². The van der Waals surface area contributed by atoms with Gasteiger partial charge < -0.3 is 9.47 Å². The number of rotatable bonds is 10. The molecule has 0 spiro atoms. The summed E-state index contributed by atoms with van der Waals surface area (Å²) in [5, 5.41) is 6.13. The number of aromatic nitrogens is 2. The first-order valence-corrected chi connectivity index (χ1v) is 10.9. The summed E-state index contributed by atoms with van der Waals surface area (Å²) < 4.78 is 35.1. The quantitative estimate of drug-likeness (QED) is 0.170. The van der Waals surface area contributed by atoms with Crippen LogP contribution < -0.4 is 16.3 Å². The second-order valence-electron chi connectivity index (χ2n) is 6.70. The van der Waals surface area contributed by atoms with Gasteiger partial charge in [-0.05, 0) is 26.3 Å². The molecule has 2 N–H and O–H groups in total. The maximum absolute atomic E-state index is 12.9. The van der Waals surface area contributed by atoms with E-state index in [1.807, 2.05) is 0 Å². The van der Waals surface area contributed by atoms with Crippen LogP contribution in [-0.4, -0.2) is 54.0 Å². The topological polar surface area (TPSA) is 187 Å². The first-order chi connectivity index (χ1) is 14.6. The Hall–Kier alpha value is -2.47. The number of aryl methyl sites for hydroxylation is 1. The summed E-state index contributed by atoms with van der Waals surface area (Å²) in [5.74, 6) is -0.666. The summed E-state index contributed by atoms with van der Waals surface area (Å²) in [5.41, 5.74) is 7.95. The lowest BCUT2D eigenvalue weighted by atomic mass is 10.1. The SMILES string of the molecule is CCOP(=O)(NC(C)C(=O)OC)OC[C@H]1O[C@@H](n2cc(C)c(=O)[nH]c2=O)C[C@@H]1N=[N+]=[N-]. The van der Waals surface area contributed by atoms with Crippen LogP contribution in [0.1, 0.15) is 32.1 Å². The first kappa shape index (κ1) is 24.8. The fourth-order valence-corrected chi connectivity index (χ4v) is 4.43. The third-order valence-electron chi connectivity index (χ3n) is 4.47. The zero-order valence-electron chi connectivity index (χ0n) is 17.5. The lowest BCUT2D eigenvalue weighted by molar-refractivity contribution is -0.142. The van der Waals surface area contributed by atoms with E-state index in [4.69, 9.17) is 19.3 Å². The number of nitrogens with one attached hydrogen (secondary N) is 2. The molecule has 2 rings (SSSR count). The van der Waals surface area contributed by atoms with Gasteiger partial charge in [-0.1, -0.05) is 5.11 Å². The molecule has 2 unspecified atom stereocenters.